The Bertz CT molecular complexity index is 489. The SMILES string of the molecule is CCCCCCC1=N/C(=C\c2ccccc2)C(=O)O1. The second-order valence-electron chi connectivity index (χ2n) is 4.65. The molecule has 2 rings (SSSR count). The normalized spacial score (nSPS) is 16.6. The first-order valence-electron chi connectivity index (χ1n) is 6.86. The number of unbranched alkanes of at least 4 members (excludes halogenated alkanes) is 3. The Morgan fingerprint density at radius 2 is 1.95 bits per heavy atom. The fraction of sp³-hybridized carbons (Fsp3) is 0.375. The molecule has 3 nitrogen and oxygen atoms in total. The maximum absolute atomic E-state index is 11.7. The minimum absolute atomic E-state index is 0.339. The lowest BCUT2D eigenvalue weighted by atomic mass is 10.1. The van der Waals surface area contributed by atoms with Gasteiger partial charge in [-0.05, 0) is 18.1 Å². The van der Waals surface area contributed by atoms with Gasteiger partial charge in [-0.2, -0.15) is 0 Å². The predicted molar refractivity (Wildman–Crippen MR) is 76.7 cm³/mol. The van der Waals surface area contributed by atoms with E-state index in [1.54, 1.807) is 6.08 Å². The van der Waals surface area contributed by atoms with Crippen LogP contribution in [-0.4, -0.2) is 11.9 Å². The highest BCUT2D eigenvalue weighted by Gasteiger charge is 2.22. The smallest absolute Gasteiger partial charge is 0.363 e. The van der Waals surface area contributed by atoms with Gasteiger partial charge < -0.3 is 4.74 Å². The van der Waals surface area contributed by atoms with Crippen LogP contribution in [0.15, 0.2) is 41.0 Å². The third kappa shape index (κ3) is 4.05. The van der Waals surface area contributed by atoms with E-state index in [4.69, 9.17) is 4.74 Å². The number of hydrogen-bond donors (Lipinski definition) is 0. The van der Waals surface area contributed by atoms with E-state index in [9.17, 15) is 4.79 Å². The molecule has 0 saturated heterocycles. The van der Waals surface area contributed by atoms with Crippen LogP contribution in [-0.2, 0) is 9.53 Å². The minimum atomic E-state index is -0.339. The van der Waals surface area contributed by atoms with Crippen LogP contribution in [0.2, 0.25) is 0 Å². The number of ether oxygens (including phenoxy) is 1. The summed E-state index contributed by atoms with van der Waals surface area (Å²) in [5, 5.41) is 0. The van der Waals surface area contributed by atoms with Crippen molar-refractivity contribution in [1.82, 2.24) is 0 Å². The molecule has 1 heterocycles. The summed E-state index contributed by atoms with van der Waals surface area (Å²) in [6.45, 7) is 2.17. The number of hydrogen-bond acceptors (Lipinski definition) is 3. The number of esters is 1. The number of aliphatic imine (C=N–C) groups is 1. The second kappa shape index (κ2) is 6.88. The summed E-state index contributed by atoms with van der Waals surface area (Å²) in [6, 6.07) is 9.69. The first kappa shape index (κ1) is 13.5. The molecule has 1 aliphatic heterocycles. The molecule has 19 heavy (non-hydrogen) atoms. The monoisotopic (exact) mass is 257 g/mol. The third-order valence-corrected chi connectivity index (χ3v) is 3.01. The summed E-state index contributed by atoms with van der Waals surface area (Å²) in [5.41, 5.74) is 1.36. The van der Waals surface area contributed by atoms with Crippen molar-refractivity contribution in [2.45, 2.75) is 39.0 Å². The lowest BCUT2D eigenvalue weighted by Crippen LogP contribution is -2.03. The van der Waals surface area contributed by atoms with Gasteiger partial charge in [0.1, 0.15) is 0 Å². The molecule has 0 unspecified atom stereocenters. The van der Waals surface area contributed by atoms with E-state index in [-0.39, 0.29) is 5.97 Å². The van der Waals surface area contributed by atoms with Gasteiger partial charge in [0.05, 0.1) is 0 Å². The highest BCUT2D eigenvalue weighted by atomic mass is 16.6. The molecule has 0 radical (unpaired) electrons. The number of carbonyl (C=O) groups is 1. The molecule has 0 aromatic heterocycles. The fourth-order valence-corrected chi connectivity index (χ4v) is 1.97. The largest absolute Gasteiger partial charge is 0.407 e. The van der Waals surface area contributed by atoms with E-state index in [1.807, 2.05) is 30.3 Å². The van der Waals surface area contributed by atoms with Crippen LogP contribution in [0.5, 0.6) is 0 Å². The Hall–Kier alpha value is -1.90. The number of nitrogens with zero attached hydrogens (tertiary/aromatic N) is 1. The van der Waals surface area contributed by atoms with Crippen molar-refractivity contribution in [3.05, 3.63) is 41.6 Å². The molecule has 1 aromatic carbocycles. The molecule has 100 valence electrons. The lowest BCUT2D eigenvalue weighted by Gasteiger charge is -1.98. The first-order chi connectivity index (χ1) is 9.29. The molecule has 0 N–H and O–H groups in total. The zero-order chi connectivity index (χ0) is 13.5. The van der Waals surface area contributed by atoms with Crippen molar-refractivity contribution < 1.29 is 9.53 Å². The molecule has 0 fully saturated rings. The molecule has 1 aliphatic rings. The van der Waals surface area contributed by atoms with Crippen molar-refractivity contribution in [3.63, 3.8) is 0 Å². The minimum Gasteiger partial charge on any atom is -0.407 e. The van der Waals surface area contributed by atoms with Crippen molar-refractivity contribution in [2.24, 2.45) is 4.99 Å². The summed E-state index contributed by atoms with van der Waals surface area (Å²) in [4.78, 5) is 15.9. The Morgan fingerprint density at radius 3 is 2.68 bits per heavy atom. The Balaban J connectivity index is 1.97. The molecule has 0 bridgehead atoms. The molecule has 0 saturated carbocycles. The van der Waals surface area contributed by atoms with Crippen LogP contribution < -0.4 is 0 Å². The summed E-state index contributed by atoms with van der Waals surface area (Å²) < 4.78 is 5.17. The molecule has 0 amide bonds. The highest BCUT2D eigenvalue weighted by Crippen LogP contribution is 2.18. The van der Waals surface area contributed by atoms with Crippen LogP contribution in [0.4, 0.5) is 0 Å². The zero-order valence-corrected chi connectivity index (χ0v) is 11.3. The number of benzene rings is 1. The summed E-state index contributed by atoms with van der Waals surface area (Å²) in [6.07, 6.45) is 7.11. The highest BCUT2D eigenvalue weighted by molar-refractivity contribution is 6.07. The Morgan fingerprint density at radius 1 is 1.16 bits per heavy atom. The van der Waals surface area contributed by atoms with Crippen LogP contribution in [0.25, 0.3) is 6.08 Å². The van der Waals surface area contributed by atoms with Crippen LogP contribution in [0.3, 0.4) is 0 Å². The topological polar surface area (TPSA) is 38.7 Å². The van der Waals surface area contributed by atoms with Gasteiger partial charge in [0, 0.05) is 6.42 Å². The molecule has 0 atom stereocenters. The maximum atomic E-state index is 11.7. The van der Waals surface area contributed by atoms with Gasteiger partial charge >= 0.3 is 5.97 Å². The van der Waals surface area contributed by atoms with Gasteiger partial charge in [0.15, 0.2) is 11.6 Å². The van der Waals surface area contributed by atoms with Gasteiger partial charge in [0.25, 0.3) is 0 Å². The van der Waals surface area contributed by atoms with Gasteiger partial charge in [-0.25, -0.2) is 9.79 Å². The third-order valence-electron chi connectivity index (χ3n) is 3.01. The zero-order valence-electron chi connectivity index (χ0n) is 11.3. The fourth-order valence-electron chi connectivity index (χ4n) is 1.97. The summed E-state index contributed by atoms with van der Waals surface area (Å²) in [7, 11) is 0. The van der Waals surface area contributed by atoms with Crippen LogP contribution >= 0.6 is 0 Å². The van der Waals surface area contributed by atoms with Gasteiger partial charge in [0.2, 0.25) is 0 Å². The quantitative estimate of drug-likeness (QED) is 0.439. The van der Waals surface area contributed by atoms with E-state index in [1.165, 1.54) is 12.8 Å². The van der Waals surface area contributed by atoms with Gasteiger partial charge in [-0.15, -0.1) is 0 Å². The number of cyclic esters (lactones) is 1. The standard InChI is InChI=1S/C16H19NO2/c1-2-3-4-8-11-15-17-14(16(18)19-15)12-13-9-6-5-7-10-13/h5-7,9-10,12H,2-4,8,11H2,1H3/b14-12-. The van der Waals surface area contributed by atoms with Crippen LogP contribution in [0, 0.1) is 0 Å². The lowest BCUT2D eigenvalue weighted by molar-refractivity contribution is -0.130. The van der Waals surface area contributed by atoms with E-state index in [0.29, 0.717) is 11.6 Å². The average Bonchev–Trinajstić information content (AvgIpc) is 2.77. The van der Waals surface area contributed by atoms with E-state index < -0.39 is 0 Å². The molecule has 0 spiro atoms. The van der Waals surface area contributed by atoms with Crippen molar-refractivity contribution >= 4 is 17.9 Å². The number of rotatable bonds is 6. The Labute approximate surface area is 114 Å². The second-order valence-corrected chi connectivity index (χ2v) is 4.65. The van der Waals surface area contributed by atoms with Gasteiger partial charge in [-0.1, -0.05) is 56.5 Å². The van der Waals surface area contributed by atoms with Gasteiger partial charge in [-0.3, -0.25) is 0 Å². The maximum Gasteiger partial charge on any atom is 0.363 e. The molecular weight excluding hydrogens is 238 g/mol. The summed E-state index contributed by atoms with van der Waals surface area (Å²) >= 11 is 0. The van der Waals surface area contributed by atoms with E-state index in [2.05, 4.69) is 11.9 Å². The molecule has 1 aromatic rings. The molecular formula is C16H19NO2. The first-order valence-corrected chi connectivity index (χ1v) is 6.86. The predicted octanol–water partition coefficient (Wildman–Crippen LogP) is 3.95. The summed E-state index contributed by atoms with van der Waals surface area (Å²) in [5.74, 6) is 0.220. The molecule has 0 aliphatic carbocycles. The van der Waals surface area contributed by atoms with Crippen molar-refractivity contribution in [2.75, 3.05) is 0 Å². The Kier molecular flexibility index (Phi) is 4.90. The van der Waals surface area contributed by atoms with Crippen LogP contribution in [0.1, 0.15) is 44.6 Å². The van der Waals surface area contributed by atoms with Crippen molar-refractivity contribution in [3.8, 4) is 0 Å². The molecule has 3 heteroatoms. The average molecular weight is 257 g/mol. The number of carbonyl (C=O) groups excluding carboxylic acids is 1. The van der Waals surface area contributed by atoms with Crippen molar-refractivity contribution in [1.29, 1.82) is 0 Å². The van der Waals surface area contributed by atoms with E-state index in [0.717, 1.165) is 24.8 Å². The van der Waals surface area contributed by atoms with E-state index >= 15 is 0 Å².